The zero-order valence-electron chi connectivity index (χ0n) is 19.7. The van der Waals surface area contributed by atoms with Crippen LogP contribution in [0.1, 0.15) is 70.9 Å². The molecule has 0 bridgehead atoms. The van der Waals surface area contributed by atoms with Gasteiger partial charge in [-0.25, -0.2) is 4.68 Å². The smallest absolute Gasteiger partial charge is 0.136 e. The van der Waals surface area contributed by atoms with Crippen molar-refractivity contribution in [2.24, 2.45) is 39.5 Å². The van der Waals surface area contributed by atoms with E-state index in [1.54, 1.807) is 10.3 Å². The molecule has 5 unspecified atom stereocenters. The molecule has 0 saturated heterocycles. The van der Waals surface area contributed by atoms with E-state index in [1.165, 1.54) is 38.5 Å². The Labute approximate surface area is 191 Å². The van der Waals surface area contributed by atoms with Gasteiger partial charge in [-0.3, -0.25) is 0 Å². The van der Waals surface area contributed by atoms with Gasteiger partial charge in [0.2, 0.25) is 0 Å². The Balaban J connectivity index is 1.21. The molecule has 0 spiro atoms. The van der Waals surface area contributed by atoms with Crippen molar-refractivity contribution < 1.29 is 9.94 Å². The fourth-order valence-corrected chi connectivity index (χ4v) is 7.59. The van der Waals surface area contributed by atoms with E-state index in [9.17, 15) is 5.11 Å². The van der Waals surface area contributed by atoms with Gasteiger partial charge in [-0.15, -0.1) is 5.10 Å². The number of aromatic nitrogens is 3. The van der Waals surface area contributed by atoms with Crippen molar-refractivity contribution in [3.63, 3.8) is 0 Å². The van der Waals surface area contributed by atoms with Crippen molar-refractivity contribution >= 4 is 5.71 Å². The normalized spacial score (nSPS) is 39.9. The number of allylic oxidation sites excluding steroid dienone is 2. The van der Waals surface area contributed by atoms with E-state index in [1.807, 2.05) is 6.20 Å². The Hall–Kier alpha value is -1.73. The summed E-state index contributed by atoms with van der Waals surface area (Å²) < 4.78 is 1.79. The van der Waals surface area contributed by atoms with Crippen LogP contribution in [-0.2, 0) is 17.8 Å². The van der Waals surface area contributed by atoms with Gasteiger partial charge in [-0.1, -0.05) is 29.8 Å². The molecule has 3 N–H and O–H groups in total. The van der Waals surface area contributed by atoms with Gasteiger partial charge in [0.1, 0.15) is 6.61 Å². The zero-order chi connectivity index (χ0) is 22.3. The van der Waals surface area contributed by atoms with Crippen LogP contribution in [0.3, 0.4) is 0 Å². The monoisotopic (exact) mass is 441 g/mol. The Morgan fingerprint density at radius 3 is 2.91 bits per heavy atom. The summed E-state index contributed by atoms with van der Waals surface area (Å²) in [5.41, 5.74) is 9.59. The summed E-state index contributed by atoms with van der Waals surface area (Å²) >= 11 is 0. The minimum absolute atomic E-state index is 0.0924. The lowest BCUT2D eigenvalue weighted by molar-refractivity contribution is -0.0722. The number of aliphatic hydroxyl groups excluding tert-OH is 1. The van der Waals surface area contributed by atoms with Crippen LogP contribution in [0.4, 0.5) is 0 Å². The van der Waals surface area contributed by atoms with Crippen molar-refractivity contribution in [3.8, 4) is 0 Å². The number of oxime groups is 1. The molecule has 6 atom stereocenters. The highest BCUT2D eigenvalue weighted by molar-refractivity contribution is 5.96. The van der Waals surface area contributed by atoms with Crippen molar-refractivity contribution in [1.82, 2.24) is 15.0 Å². The Kier molecular flexibility index (Phi) is 5.91. The molecule has 1 heterocycles. The third-order valence-corrected chi connectivity index (χ3v) is 9.51. The van der Waals surface area contributed by atoms with Crippen LogP contribution < -0.4 is 5.73 Å². The van der Waals surface area contributed by atoms with Crippen LogP contribution in [0.5, 0.6) is 0 Å². The van der Waals surface area contributed by atoms with E-state index in [0.29, 0.717) is 25.6 Å². The first kappa shape index (κ1) is 22.1. The highest BCUT2D eigenvalue weighted by Gasteiger charge is 2.58. The molecule has 4 aliphatic rings. The third-order valence-electron chi connectivity index (χ3n) is 9.51. The summed E-state index contributed by atoms with van der Waals surface area (Å²) in [7, 11) is 0. The highest BCUT2D eigenvalue weighted by atomic mass is 16.6. The number of rotatable bonds is 6. The number of nitrogens with zero attached hydrogens (tertiary/aromatic N) is 4. The maximum absolute atomic E-state index is 10.7. The molecular weight excluding hydrogens is 402 g/mol. The van der Waals surface area contributed by atoms with Crippen LogP contribution in [-0.4, -0.2) is 45.1 Å². The summed E-state index contributed by atoms with van der Waals surface area (Å²) in [6.07, 6.45) is 14.2. The number of aliphatic hydroxyl groups is 1. The first-order valence-electron chi connectivity index (χ1n) is 12.6. The summed E-state index contributed by atoms with van der Waals surface area (Å²) in [6, 6.07) is 0. The molecular formula is C25H39N5O2. The molecule has 1 aromatic rings. The first-order chi connectivity index (χ1) is 15.4. The van der Waals surface area contributed by atoms with Crippen LogP contribution in [0.25, 0.3) is 0 Å². The van der Waals surface area contributed by atoms with E-state index in [4.69, 9.17) is 10.6 Å². The Bertz CT molecular complexity index is 895. The second kappa shape index (κ2) is 8.56. The molecule has 4 aliphatic carbocycles. The molecule has 0 aliphatic heterocycles. The largest absolute Gasteiger partial charge is 0.394 e. The van der Waals surface area contributed by atoms with Gasteiger partial charge in [0.25, 0.3) is 0 Å². The second-order valence-corrected chi connectivity index (χ2v) is 11.1. The molecule has 0 aromatic carbocycles. The maximum atomic E-state index is 10.7. The average molecular weight is 442 g/mol. The molecule has 1 aromatic heterocycles. The maximum Gasteiger partial charge on any atom is 0.136 e. The third kappa shape index (κ3) is 3.71. The molecule has 0 amide bonds. The molecule has 3 saturated carbocycles. The standard InChI is InChI=1S/C25H39N5O2/c1-24-10-7-18(28-32-14-13-30-16-19(9-12-26)27-29-30)15-17(24)3-4-20-21-5-6-23(31)25(21,2)11-8-22(20)24/h15-16,20-23,31H,3-14,26H2,1-2H3/t20?,21?,22-,23?,24?,25?/m1/s1. The SMILES string of the molecule is CC12CC[C@@H]3C(CCC4=CC(=NOCCn5cc(CCN)nn5)CCC43C)C1CCC2O. The van der Waals surface area contributed by atoms with Crippen molar-refractivity contribution in [3.05, 3.63) is 23.5 Å². The van der Waals surface area contributed by atoms with Gasteiger partial charge in [-0.05, 0) is 92.6 Å². The number of hydrogen-bond acceptors (Lipinski definition) is 6. The van der Waals surface area contributed by atoms with Crippen LogP contribution in [0, 0.1) is 28.6 Å². The summed E-state index contributed by atoms with van der Waals surface area (Å²) in [4.78, 5) is 5.65. The fraction of sp³-hybridized carbons (Fsp3) is 0.800. The summed E-state index contributed by atoms with van der Waals surface area (Å²) in [5, 5.41) is 23.3. The average Bonchev–Trinajstić information content (AvgIpc) is 3.35. The number of fused-ring (bicyclic) bond motifs is 5. The Morgan fingerprint density at radius 2 is 2.06 bits per heavy atom. The number of hydrogen-bond donors (Lipinski definition) is 2. The molecule has 7 nitrogen and oxygen atoms in total. The summed E-state index contributed by atoms with van der Waals surface area (Å²) in [6.45, 7) is 6.58. The molecule has 7 heteroatoms. The van der Waals surface area contributed by atoms with Crippen molar-refractivity contribution in [2.45, 2.75) is 84.3 Å². The quantitative estimate of drug-likeness (QED) is 0.520. The van der Waals surface area contributed by atoms with E-state index in [0.717, 1.165) is 42.5 Å². The molecule has 0 radical (unpaired) electrons. The molecule has 176 valence electrons. The fourth-order valence-electron chi connectivity index (χ4n) is 7.59. The minimum atomic E-state index is -0.0924. The highest BCUT2D eigenvalue weighted by Crippen LogP contribution is 2.65. The van der Waals surface area contributed by atoms with Gasteiger partial charge in [0.15, 0.2) is 0 Å². The van der Waals surface area contributed by atoms with E-state index in [2.05, 4.69) is 35.4 Å². The van der Waals surface area contributed by atoms with Crippen LogP contribution >= 0.6 is 0 Å². The zero-order valence-corrected chi connectivity index (χ0v) is 19.7. The van der Waals surface area contributed by atoms with Gasteiger partial charge < -0.3 is 15.7 Å². The number of nitrogens with two attached hydrogens (primary N) is 1. The second-order valence-electron chi connectivity index (χ2n) is 11.1. The predicted octanol–water partition coefficient (Wildman–Crippen LogP) is 3.48. The lowest BCUT2D eigenvalue weighted by atomic mass is 9.47. The molecule has 3 fully saturated rings. The van der Waals surface area contributed by atoms with Crippen molar-refractivity contribution in [1.29, 1.82) is 0 Å². The van der Waals surface area contributed by atoms with Gasteiger partial charge >= 0.3 is 0 Å². The van der Waals surface area contributed by atoms with E-state index >= 15 is 0 Å². The lowest BCUT2D eigenvalue weighted by Crippen LogP contribution is -2.51. The first-order valence-corrected chi connectivity index (χ1v) is 12.6. The van der Waals surface area contributed by atoms with E-state index < -0.39 is 0 Å². The van der Waals surface area contributed by atoms with Gasteiger partial charge in [-0.2, -0.15) is 0 Å². The minimum Gasteiger partial charge on any atom is -0.394 e. The topological polar surface area (TPSA) is 98.6 Å². The lowest BCUT2D eigenvalue weighted by Gasteiger charge is -2.57. The molecule has 32 heavy (non-hydrogen) atoms. The van der Waals surface area contributed by atoms with Crippen molar-refractivity contribution in [2.75, 3.05) is 13.2 Å². The summed E-state index contributed by atoms with van der Waals surface area (Å²) in [5.74, 6) is 2.23. The van der Waals surface area contributed by atoms with Crippen LogP contribution in [0.2, 0.25) is 0 Å². The predicted molar refractivity (Wildman–Crippen MR) is 124 cm³/mol. The molecule has 5 rings (SSSR count). The van der Waals surface area contributed by atoms with E-state index in [-0.39, 0.29) is 16.9 Å². The van der Waals surface area contributed by atoms with Gasteiger partial charge in [0.05, 0.1) is 24.1 Å². The Morgan fingerprint density at radius 1 is 1.19 bits per heavy atom. The van der Waals surface area contributed by atoms with Gasteiger partial charge in [0, 0.05) is 12.6 Å². The van der Waals surface area contributed by atoms with Crippen LogP contribution in [0.15, 0.2) is 23.0 Å².